The Morgan fingerprint density at radius 1 is 1.28 bits per heavy atom. The van der Waals surface area contributed by atoms with Crippen molar-refractivity contribution in [2.75, 3.05) is 20.3 Å². The van der Waals surface area contributed by atoms with Crippen LogP contribution in [0.15, 0.2) is 27.9 Å². The molecule has 0 aromatic heterocycles. The summed E-state index contributed by atoms with van der Waals surface area (Å²) < 4.78 is 17.0. The molecule has 136 valence electrons. The summed E-state index contributed by atoms with van der Waals surface area (Å²) in [5.41, 5.74) is 1.93. The summed E-state index contributed by atoms with van der Waals surface area (Å²) in [6, 6.07) is 3.28. The highest BCUT2D eigenvalue weighted by Crippen LogP contribution is 2.40. The van der Waals surface area contributed by atoms with Crippen LogP contribution < -0.4 is 20.1 Å². The minimum Gasteiger partial charge on any atom is -0.490 e. The molecule has 0 saturated heterocycles. The van der Waals surface area contributed by atoms with E-state index in [1.165, 1.54) is 7.11 Å². The molecule has 2 N–H and O–H groups in total. The van der Waals surface area contributed by atoms with Gasteiger partial charge in [0.05, 0.1) is 36.4 Å². The Kier molecular flexibility index (Phi) is 6.66. The third kappa shape index (κ3) is 4.24. The Bertz CT molecular complexity index is 721. The van der Waals surface area contributed by atoms with Gasteiger partial charge in [-0.2, -0.15) is 0 Å². The van der Waals surface area contributed by atoms with Crippen LogP contribution in [-0.2, 0) is 9.53 Å². The Labute approximate surface area is 161 Å². The molecule has 0 amide bonds. The van der Waals surface area contributed by atoms with E-state index in [9.17, 15) is 4.79 Å². The molecule has 0 aliphatic carbocycles. The molecular weight excluding hydrogens is 408 g/mol. The average Bonchev–Trinajstić information content (AvgIpc) is 2.56. The first-order valence-corrected chi connectivity index (χ1v) is 9.08. The van der Waals surface area contributed by atoms with Crippen molar-refractivity contribution in [1.82, 2.24) is 10.6 Å². The van der Waals surface area contributed by atoms with Gasteiger partial charge in [-0.25, -0.2) is 4.79 Å². The first kappa shape index (κ1) is 19.5. The maximum atomic E-state index is 12.3. The van der Waals surface area contributed by atoms with Crippen molar-refractivity contribution in [3.8, 4) is 11.5 Å². The highest BCUT2D eigenvalue weighted by atomic mass is 79.9. The van der Waals surface area contributed by atoms with Gasteiger partial charge in [-0.05, 0) is 66.6 Å². The van der Waals surface area contributed by atoms with Crippen LogP contribution in [0.2, 0.25) is 0 Å². The van der Waals surface area contributed by atoms with E-state index in [4.69, 9.17) is 26.4 Å². The molecule has 8 heteroatoms. The number of benzene rings is 1. The second kappa shape index (κ2) is 8.53. The molecule has 6 nitrogen and oxygen atoms in total. The fraction of sp³-hybridized carbons (Fsp3) is 0.412. The summed E-state index contributed by atoms with van der Waals surface area (Å²) in [5, 5.41) is 6.53. The van der Waals surface area contributed by atoms with Gasteiger partial charge in [-0.15, -0.1) is 0 Å². The number of allylic oxidation sites excluding steroid dienone is 1. The number of esters is 1. The number of halogens is 1. The second-order valence-electron chi connectivity index (χ2n) is 5.26. The highest BCUT2D eigenvalue weighted by Gasteiger charge is 2.31. The summed E-state index contributed by atoms with van der Waals surface area (Å²) in [7, 11) is 1.35. The fourth-order valence-electron chi connectivity index (χ4n) is 2.63. The molecule has 25 heavy (non-hydrogen) atoms. The predicted octanol–water partition coefficient (Wildman–Crippen LogP) is 3.21. The molecule has 1 aliphatic rings. The number of carbonyl (C=O) groups is 1. The van der Waals surface area contributed by atoms with E-state index in [1.54, 1.807) is 6.92 Å². The first-order chi connectivity index (χ1) is 11.9. The molecule has 0 spiro atoms. The van der Waals surface area contributed by atoms with E-state index in [1.807, 2.05) is 26.0 Å². The van der Waals surface area contributed by atoms with Gasteiger partial charge in [0.25, 0.3) is 0 Å². The van der Waals surface area contributed by atoms with Crippen LogP contribution in [0.4, 0.5) is 0 Å². The lowest BCUT2D eigenvalue weighted by molar-refractivity contribution is -0.136. The quantitative estimate of drug-likeness (QED) is 0.532. The zero-order chi connectivity index (χ0) is 18.6. The lowest BCUT2D eigenvalue weighted by atomic mass is 9.95. The van der Waals surface area contributed by atoms with Gasteiger partial charge in [0.1, 0.15) is 0 Å². The van der Waals surface area contributed by atoms with Crippen molar-refractivity contribution in [1.29, 1.82) is 0 Å². The highest BCUT2D eigenvalue weighted by molar-refractivity contribution is 9.10. The van der Waals surface area contributed by atoms with Gasteiger partial charge in [-0.3, -0.25) is 0 Å². The number of rotatable bonds is 6. The van der Waals surface area contributed by atoms with E-state index in [0.717, 1.165) is 10.0 Å². The monoisotopic (exact) mass is 428 g/mol. The average molecular weight is 429 g/mol. The van der Waals surface area contributed by atoms with Gasteiger partial charge in [0, 0.05) is 5.70 Å². The third-order valence-corrected chi connectivity index (χ3v) is 4.44. The summed E-state index contributed by atoms with van der Waals surface area (Å²) >= 11 is 8.77. The maximum Gasteiger partial charge on any atom is 0.337 e. The number of carbonyl (C=O) groups excluding carboxylic acids is 1. The van der Waals surface area contributed by atoms with E-state index < -0.39 is 12.0 Å². The normalized spacial score (nSPS) is 16.8. The van der Waals surface area contributed by atoms with Crippen LogP contribution in [0, 0.1) is 0 Å². The van der Waals surface area contributed by atoms with Crippen molar-refractivity contribution in [2.45, 2.75) is 26.8 Å². The molecule has 2 rings (SSSR count). The van der Waals surface area contributed by atoms with Crippen LogP contribution in [0.3, 0.4) is 0 Å². The zero-order valence-electron chi connectivity index (χ0n) is 14.6. The standard InChI is InChI=1S/C17H21BrN2O4S/c1-5-23-12-8-10(7-11(18)15(12)24-6-2)14-13(16(21)22-4)9(3)19-17(25)20-14/h7-8,14H,5-6H2,1-4H3,(H2,19,20,25)/t14-/m1/s1. The Hall–Kier alpha value is -1.80. The Morgan fingerprint density at radius 2 is 1.96 bits per heavy atom. The number of hydrogen-bond donors (Lipinski definition) is 2. The number of nitrogens with one attached hydrogen (secondary N) is 2. The molecule has 0 saturated carbocycles. The van der Waals surface area contributed by atoms with Gasteiger partial charge in [-0.1, -0.05) is 0 Å². The van der Waals surface area contributed by atoms with Crippen molar-refractivity contribution in [3.63, 3.8) is 0 Å². The van der Waals surface area contributed by atoms with Gasteiger partial charge in [0.2, 0.25) is 0 Å². The van der Waals surface area contributed by atoms with E-state index in [-0.39, 0.29) is 0 Å². The molecule has 1 aromatic carbocycles. The number of methoxy groups -OCH3 is 1. The number of ether oxygens (including phenoxy) is 3. The van der Waals surface area contributed by atoms with Gasteiger partial charge >= 0.3 is 5.97 Å². The fourth-order valence-corrected chi connectivity index (χ4v) is 3.47. The molecular formula is C17H21BrN2O4S. The topological polar surface area (TPSA) is 68.8 Å². The SMILES string of the molecule is CCOc1cc([C@H]2NC(=S)NC(C)=C2C(=O)OC)cc(Br)c1OCC. The molecule has 0 fully saturated rings. The van der Waals surface area contributed by atoms with E-state index in [2.05, 4.69) is 26.6 Å². The smallest absolute Gasteiger partial charge is 0.337 e. The lowest BCUT2D eigenvalue weighted by Crippen LogP contribution is -2.45. The van der Waals surface area contributed by atoms with Crippen molar-refractivity contribution < 1.29 is 19.0 Å². The Morgan fingerprint density at radius 3 is 2.56 bits per heavy atom. The summed E-state index contributed by atoms with van der Waals surface area (Å²) in [5.74, 6) is 0.805. The number of thiocarbonyl (C=S) groups is 1. The molecule has 0 radical (unpaired) electrons. The van der Waals surface area contributed by atoms with Crippen LogP contribution in [0.25, 0.3) is 0 Å². The van der Waals surface area contributed by atoms with Gasteiger partial charge < -0.3 is 24.8 Å². The van der Waals surface area contributed by atoms with E-state index >= 15 is 0 Å². The molecule has 1 atom stereocenters. The van der Waals surface area contributed by atoms with Crippen molar-refractivity contribution in [3.05, 3.63) is 33.4 Å². The minimum atomic E-state index is -0.451. The van der Waals surface area contributed by atoms with Crippen LogP contribution in [0.1, 0.15) is 32.4 Å². The van der Waals surface area contributed by atoms with Crippen molar-refractivity contribution in [2.24, 2.45) is 0 Å². The third-order valence-electron chi connectivity index (χ3n) is 3.63. The van der Waals surface area contributed by atoms with Crippen LogP contribution >= 0.6 is 28.1 Å². The van der Waals surface area contributed by atoms with Crippen LogP contribution in [-0.4, -0.2) is 31.4 Å². The molecule has 1 heterocycles. The molecule has 0 bridgehead atoms. The lowest BCUT2D eigenvalue weighted by Gasteiger charge is -2.30. The maximum absolute atomic E-state index is 12.3. The number of hydrogen-bond acceptors (Lipinski definition) is 5. The molecule has 1 aliphatic heterocycles. The second-order valence-corrected chi connectivity index (χ2v) is 6.52. The van der Waals surface area contributed by atoms with E-state index in [0.29, 0.717) is 41.1 Å². The van der Waals surface area contributed by atoms with Crippen LogP contribution in [0.5, 0.6) is 11.5 Å². The largest absolute Gasteiger partial charge is 0.490 e. The Balaban J connectivity index is 2.56. The zero-order valence-corrected chi connectivity index (χ0v) is 17.0. The molecule has 0 unspecified atom stereocenters. The summed E-state index contributed by atoms with van der Waals surface area (Å²) in [4.78, 5) is 12.3. The summed E-state index contributed by atoms with van der Waals surface area (Å²) in [6.45, 7) is 6.61. The minimum absolute atomic E-state index is 0.423. The van der Waals surface area contributed by atoms with Gasteiger partial charge in [0.15, 0.2) is 16.6 Å². The van der Waals surface area contributed by atoms with Crippen molar-refractivity contribution >= 4 is 39.2 Å². The predicted molar refractivity (Wildman–Crippen MR) is 103 cm³/mol. The first-order valence-electron chi connectivity index (χ1n) is 7.88. The molecule has 1 aromatic rings. The summed E-state index contributed by atoms with van der Waals surface area (Å²) in [6.07, 6.45) is 0.